The van der Waals surface area contributed by atoms with Gasteiger partial charge in [-0.1, -0.05) is 12.2 Å². The van der Waals surface area contributed by atoms with Crippen molar-refractivity contribution in [2.24, 2.45) is 14.1 Å². The molecule has 10 heteroatoms. The van der Waals surface area contributed by atoms with Gasteiger partial charge in [0.15, 0.2) is 11.5 Å². The quantitative estimate of drug-likeness (QED) is 0.603. The van der Waals surface area contributed by atoms with Crippen molar-refractivity contribution in [3.05, 3.63) is 61.8 Å². The largest absolute Gasteiger partial charge is 0.494 e. The molecule has 6 rings (SSSR count). The van der Waals surface area contributed by atoms with Crippen LogP contribution in [-0.4, -0.2) is 62.9 Å². The molecule has 10 nitrogen and oxygen atoms in total. The number of hydrogen-bond donors (Lipinski definition) is 2. The van der Waals surface area contributed by atoms with E-state index in [0.29, 0.717) is 17.9 Å². The van der Waals surface area contributed by atoms with Crippen molar-refractivity contribution in [2.75, 3.05) is 20.4 Å². The van der Waals surface area contributed by atoms with Gasteiger partial charge in [0, 0.05) is 33.8 Å². The van der Waals surface area contributed by atoms with Gasteiger partial charge in [0.2, 0.25) is 12.7 Å². The molecule has 2 N–H and O–H groups in total. The van der Waals surface area contributed by atoms with Crippen LogP contribution in [-0.2, 0) is 24.2 Å². The molecule has 33 heavy (non-hydrogen) atoms. The van der Waals surface area contributed by atoms with Gasteiger partial charge in [-0.2, -0.15) is 0 Å². The minimum Gasteiger partial charge on any atom is -0.494 e. The number of fused-ring (bicyclic) bond motifs is 2. The number of aromatic nitrogens is 2. The second-order valence-corrected chi connectivity index (χ2v) is 9.17. The van der Waals surface area contributed by atoms with E-state index >= 15 is 0 Å². The summed E-state index contributed by atoms with van der Waals surface area (Å²) < 4.78 is 18.9. The molecule has 3 aliphatic heterocycles. The van der Waals surface area contributed by atoms with Crippen molar-refractivity contribution >= 4 is 0 Å². The summed E-state index contributed by atoms with van der Waals surface area (Å²) in [6.07, 6.45) is 3.68. The molecule has 0 spiro atoms. The average Bonchev–Trinajstić information content (AvgIpc) is 3.37. The summed E-state index contributed by atoms with van der Waals surface area (Å²) in [7, 11) is 4.46. The summed E-state index contributed by atoms with van der Waals surface area (Å²) in [4.78, 5) is 27.8. The molecule has 1 saturated heterocycles. The van der Waals surface area contributed by atoms with Crippen molar-refractivity contribution in [2.45, 2.75) is 36.1 Å². The van der Waals surface area contributed by atoms with Gasteiger partial charge < -0.3 is 24.4 Å². The van der Waals surface area contributed by atoms with E-state index < -0.39 is 28.8 Å². The number of ether oxygens (including phenoxy) is 3. The lowest BCUT2D eigenvalue weighted by molar-refractivity contribution is 0.0586. The second-order valence-electron chi connectivity index (χ2n) is 9.17. The maximum Gasteiger partial charge on any atom is 0.333 e. The Labute approximate surface area is 188 Å². The molecular formula is C23H25N3O7. The molecule has 2 aromatic rings. The third kappa shape index (κ3) is 2.43. The third-order valence-electron chi connectivity index (χ3n) is 7.81. The van der Waals surface area contributed by atoms with Crippen LogP contribution in [0.1, 0.15) is 29.2 Å². The Morgan fingerprint density at radius 2 is 1.88 bits per heavy atom. The lowest BCUT2D eigenvalue weighted by Gasteiger charge is -2.49. The summed E-state index contributed by atoms with van der Waals surface area (Å²) in [6, 6.07) is 2.82. The first-order valence-corrected chi connectivity index (χ1v) is 10.9. The summed E-state index contributed by atoms with van der Waals surface area (Å²) in [5.74, 6) is 0.729. The van der Waals surface area contributed by atoms with Crippen LogP contribution in [0.25, 0.3) is 0 Å². The Hall–Kier alpha value is -3.08. The van der Waals surface area contributed by atoms with E-state index in [1.165, 1.54) is 14.1 Å². The Balaban J connectivity index is 1.69. The molecule has 1 aliphatic carbocycles. The fraction of sp³-hybridized carbons (Fsp3) is 0.478. The lowest BCUT2D eigenvalue weighted by atomic mass is 9.63. The maximum atomic E-state index is 13.3. The van der Waals surface area contributed by atoms with Crippen molar-refractivity contribution in [1.29, 1.82) is 0 Å². The normalized spacial score (nSPS) is 33.2. The van der Waals surface area contributed by atoms with E-state index in [9.17, 15) is 19.8 Å². The molecule has 174 valence electrons. The topological polar surface area (TPSA) is 115 Å². The molecule has 0 radical (unpaired) electrons. The van der Waals surface area contributed by atoms with Crippen LogP contribution in [0.5, 0.6) is 17.4 Å². The Morgan fingerprint density at radius 1 is 1.15 bits per heavy atom. The minimum atomic E-state index is -0.751. The Bertz CT molecular complexity index is 1330. The van der Waals surface area contributed by atoms with Crippen LogP contribution in [0.15, 0.2) is 33.9 Å². The molecule has 4 aliphatic rings. The van der Waals surface area contributed by atoms with E-state index in [1.54, 1.807) is 7.11 Å². The summed E-state index contributed by atoms with van der Waals surface area (Å²) >= 11 is 0. The zero-order chi connectivity index (χ0) is 23.2. The molecule has 1 fully saturated rings. The molecule has 0 amide bonds. The summed E-state index contributed by atoms with van der Waals surface area (Å²) in [5, 5.41) is 22.4. The highest BCUT2D eigenvalue weighted by molar-refractivity contribution is 5.60. The average molecular weight is 455 g/mol. The first-order valence-electron chi connectivity index (χ1n) is 10.9. The number of nitrogens with zero attached hydrogens (tertiary/aromatic N) is 3. The van der Waals surface area contributed by atoms with E-state index in [-0.39, 0.29) is 36.9 Å². The van der Waals surface area contributed by atoms with Gasteiger partial charge in [0.05, 0.1) is 29.2 Å². The summed E-state index contributed by atoms with van der Waals surface area (Å²) in [5.41, 5.74) is -0.260. The molecule has 4 heterocycles. The first kappa shape index (κ1) is 20.5. The number of rotatable bonds is 2. The number of methoxy groups -OCH3 is 1. The predicted molar refractivity (Wildman–Crippen MR) is 116 cm³/mol. The van der Waals surface area contributed by atoms with Crippen LogP contribution in [0.3, 0.4) is 0 Å². The van der Waals surface area contributed by atoms with Gasteiger partial charge in [-0.3, -0.25) is 18.8 Å². The van der Waals surface area contributed by atoms with Gasteiger partial charge in [-0.25, -0.2) is 4.79 Å². The molecule has 1 aromatic carbocycles. The van der Waals surface area contributed by atoms with Gasteiger partial charge in [0.25, 0.3) is 5.56 Å². The Morgan fingerprint density at radius 3 is 2.61 bits per heavy atom. The highest BCUT2D eigenvalue weighted by Crippen LogP contribution is 2.58. The van der Waals surface area contributed by atoms with E-state index in [4.69, 9.17) is 14.2 Å². The lowest BCUT2D eigenvalue weighted by Crippen LogP contribution is -2.54. The molecule has 0 saturated carbocycles. The maximum absolute atomic E-state index is 13.3. The fourth-order valence-electron chi connectivity index (χ4n) is 6.16. The van der Waals surface area contributed by atoms with Crippen LogP contribution >= 0.6 is 0 Å². The number of aliphatic hydroxyl groups excluding tert-OH is 1. The van der Waals surface area contributed by atoms with Crippen molar-refractivity contribution < 1.29 is 24.4 Å². The van der Waals surface area contributed by atoms with Crippen molar-refractivity contribution in [3.8, 4) is 17.4 Å². The monoisotopic (exact) mass is 455 g/mol. The Kier molecular flexibility index (Phi) is 4.18. The highest BCUT2D eigenvalue weighted by atomic mass is 16.7. The van der Waals surface area contributed by atoms with E-state index in [0.717, 1.165) is 20.3 Å². The molecule has 2 bridgehead atoms. The van der Waals surface area contributed by atoms with Crippen molar-refractivity contribution in [1.82, 2.24) is 14.0 Å². The van der Waals surface area contributed by atoms with Gasteiger partial charge in [0.1, 0.15) is 0 Å². The summed E-state index contributed by atoms with van der Waals surface area (Å²) in [6.45, 7) is 0.364. The van der Waals surface area contributed by atoms with Gasteiger partial charge in [-0.05, 0) is 29.7 Å². The zero-order valence-corrected chi connectivity index (χ0v) is 18.5. The first-order chi connectivity index (χ1) is 15.8. The van der Waals surface area contributed by atoms with Crippen LogP contribution < -0.4 is 20.7 Å². The molecule has 6 atom stereocenters. The molecule has 1 aromatic heterocycles. The highest BCUT2D eigenvalue weighted by Gasteiger charge is 2.62. The number of hydrogen-bond acceptors (Lipinski definition) is 8. The standard InChI is InChI=1S/C23H25N3O7/c1-24-20(28)18(21(29)25(2)22(24)30)19-12-7-14-15(33-10-32-14)8-13(12)23-5-4-11(31-3)6-16(23)26(19)9-17(23)27/h4-5,7-8,11,16-17,19,27-28H,6,9-10H2,1-3H3/t11-,16-,17-,19+,23-/m0/s1. The fourth-order valence-corrected chi connectivity index (χ4v) is 6.16. The number of aromatic hydroxyl groups is 1. The molecular weight excluding hydrogens is 430 g/mol. The number of aliphatic hydroxyl groups is 1. The van der Waals surface area contributed by atoms with Crippen LogP contribution in [0.4, 0.5) is 0 Å². The molecule has 1 unspecified atom stereocenters. The van der Waals surface area contributed by atoms with Gasteiger partial charge >= 0.3 is 5.69 Å². The van der Waals surface area contributed by atoms with E-state index in [2.05, 4.69) is 0 Å². The SMILES string of the molecule is CO[C@H]1C=C[C@@]23c4cc5c(cc4[C@H](c4c(O)n(C)c(=O)n(C)c4=O)N(C[C@@H]2O)[C@H]3C1)OCO5. The number of benzene rings is 1. The van der Waals surface area contributed by atoms with Crippen LogP contribution in [0, 0.1) is 0 Å². The third-order valence-corrected chi connectivity index (χ3v) is 7.81. The minimum absolute atomic E-state index is 0.0834. The predicted octanol–water partition coefficient (Wildman–Crippen LogP) is -0.121. The van der Waals surface area contributed by atoms with Crippen LogP contribution in [0.2, 0.25) is 0 Å². The second kappa shape index (κ2) is 6.72. The smallest absolute Gasteiger partial charge is 0.333 e. The zero-order valence-electron chi connectivity index (χ0n) is 18.5. The van der Waals surface area contributed by atoms with E-state index in [1.807, 2.05) is 29.2 Å². The van der Waals surface area contributed by atoms with Crippen molar-refractivity contribution in [3.63, 3.8) is 0 Å². The van der Waals surface area contributed by atoms with Gasteiger partial charge in [-0.15, -0.1) is 0 Å².